The lowest BCUT2D eigenvalue weighted by molar-refractivity contribution is 0.378. The molecule has 0 bridgehead atoms. The highest BCUT2D eigenvalue weighted by Gasteiger charge is 2.17. The zero-order chi connectivity index (χ0) is 15.1. The number of hydrogen-bond donors (Lipinski definition) is 1. The number of ether oxygens (including phenoxy) is 1. The molecule has 0 heterocycles. The third kappa shape index (κ3) is 5.12. The second kappa shape index (κ2) is 8.25. The summed E-state index contributed by atoms with van der Waals surface area (Å²) in [5.41, 5.74) is 0.616. The SMILES string of the molecule is COc1cccc(F)c1C(C)NC(C)CCCC(C)C. The van der Waals surface area contributed by atoms with Gasteiger partial charge in [0.25, 0.3) is 0 Å². The van der Waals surface area contributed by atoms with Crippen molar-refractivity contribution in [2.45, 2.75) is 59.0 Å². The maximum atomic E-state index is 14.0. The topological polar surface area (TPSA) is 21.3 Å². The number of benzene rings is 1. The van der Waals surface area contributed by atoms with Crippen molar-refractivity contribution in [3.05, 3.63) is 29.6 Å². The van der Waals surface area contributed by atoms with Crippen LogP contribution < -0.4 is 10.1 Å². The zero-order valence-corrected chi connectivity index (χ0v) is 13.4. The number of halogens is 1. The van der Waals surface area contributed by atoms with Gasteiger partial charge in [-0.15, -0.1) is 0 Å². The van der Waals surface area contributed by atoms with Gasteiger partial charge in [-0.2, -0.15) is 0 Å². The highest BCUT2D eigenvalue weighted by atomic mass is 19.1. The van der Waals surface area contributed by atoms with Gasteiger partial charge in [-0.3, -0.25) is 0 Å². The average Bonchev–Trinajstić information content (AvgIpc) is 2.37. The first-order chi connectivity index (χ1) is 9.45. The molecule has 1 N–H and O–H groups in total. The lowest BCUT2D eigenvalue weighted by Crippen LogP contribution is -2.29. The molecule has 0 aromatic heterocycles. The molecule has 0 fully saturated rings. The lowest BCUT2D eigenvalue weighted by Gasteiger charge is -2.22. The minimum absolute atomic E-state index is 0.0554. The molecule has 0 radical (unpaired) electrons. The Balaban J connectivity index is 2.60. The quantitative estimate of drug-likeness (QED) is 0.745. The number of nitrogens with one attached hydrogen (secondary N) is 1. The summed E-state index contributed by atoms with van der Waals surface area (Å²) in [7, 11) is 1.58. The molecule has 2 nitrogen and oxygen atoms in total. The Bertz CT molecular complexity index is 406. The number of methoxy groups -OCH3 is 1. The van der Waals surface area contributed by atoms with Gasteiger partial charge in [0.05, 0.1) is 7.11 Å². The smallest absolute Gasteiger partial charge is 0.131 e. The van der Waals surface area contributed by atoms with Gasteiger partial charge in [0.15, 0.2) is 0 Å². The van der Waals surface area contributed by atoms with Crippen molar-refractivity contribution in [3.63, 3.8) is 0 Å². The Hall–Kier alpha value is -1.09. The predicted molar refractivity (Wildman–Crippen MR) is 82.7 cm³/mol. The summed E-state index contributed by atoms with van der Waals surface area (Å²) in [5, 5.41) is 3.47. The number of rotatable bonds is 8. The lowest BCUT2D eigenvalue weighted by atomic mass is 10.0. The van der Waals surface area contributed by atoms with Gasteiger partial charge >= 0.3 is 0 Å². The van der Waals surface area contributed by atoms with Crippen LogP contribution in [0.3, 0.4) is 0 Å². The van der Waals surface area contributed by atoms with Crippen molar-refractivity contribution >= 4 is 0 Å². The Morgan fingerprint density at radius 1 is 1.15 bits per heavy atom. The minimum Gasteiger partial charge on any atom is -0.496 e. The molecule has 1 aromatic carbocycles. The Labute approximate surface area is 122 Å². The fourth-order valence-corrected chi connectivity index (χ4v) is 2.54. The van der Waals surface area contributed by atoms with Gasteiger partial charge in [-0.25, -0.2) is 4.39 Å². The molecule has 0 aliphatic carbocycles. The molecule has 2 unspecified atom stereocenters. The molecule has 3 heteroatoms. The standard InChI is InChI=1S/C17H28FNO/c1-12(2)8-6-9-13(3)19-14(4)17-15(18)10-7-11-16(17)20-5/h7,10-14,19H,6,8-9H2,1-5H3. The van der Waals surface area contributed by atoms with Gasteiger partial charge in [0, 0.05) is 17.6 Å². The van der Waals surface area contributed by atoms with Crippen LogP contribution in [0.5, 0.6) is 5.75 Å². The molecule has 0 amide bonds. The van der Waals surface area contributed by atoms with Gasteiger partial charge in [-0.1, -0.05) is 32.8 Å². The Morgan fingerprint density at radius 3 is 2.45 bits per heavy atom. The molecule has 1 aromatic rings. The highest BCUT2D eigenvalue weighted by Crippen LogP contribution is 2.28. The van der Waals surface area contributed by atoms with Crippen LogP contribution in [-0.2, 0) is 0 Å². The van der Waals surface area contributed by atoms with E-state index in [0.29, 0.717) is 17.4 Å². The van der Waals surface area contributed by atoms with Crippen molar-refractivity contribution in [2.75, 3.05) is 7.11 Å². The summed E-state index contributed by atoms with van der Waals surface area (Å²) in [5.74, 6) is 1.14. The summed E-state index contributed by atoms with van der Waals surface area (Å²) >= 11 is 0. The average molecular weight is 281 g/mol. The van der Waals surface area contributed by atoms with E-state index in [1.54, 1.807) is 19.2 Å². The Kier molecular flexibility index (Phi) is 7.00. The van der Waals surface area contributed by atoms with Gasteiger partial charge in [0.1, 0.15) is 11.6 Å². The van der Waals surface area contributed by atoms with Gasteiger partial charge < -0.3 is 10.1 Å². The van der Waals surface area contributed by atoms with E-state index < -0.39 is 0 Å². The molecule has 1 rings (SSSR count). The van der Waals surface area contributed by atoms with Crippen LogP contribution in [-0.4, -0.2) is 13.2 Å². The number of hydrogen-bond acceptors (Lipinski definition) is 2. The van der Waals surface area contributed by atoms with Crippen LogP contribution in [0.15, 0.2) is 18.2 Å². The zero-order valence-electron chi connectivity index (χ0n) is 13.4. The monoisotopic (exact) mass is 281 g/mol. The second-order valence-electron chi connectivity index (χ2n) is 5.97. The van der Waals surface area contributed by atoms with E-state index in [1.807, 2.05) is 6.92 Å². The van der Waals surface area contributed by atoms with E-state index in [9.17, 15) is 4.39 Å². The van der Waals surface area contributed by atoms with E-state index in [1.165, 1.54) is 18.9 Å². The Morgan fingerprint density at radius 2 is 1.85 bits per heavy atom. The van der Waals surface area contributed by atoms with Crippen LogP contribution in [0, 0.1) is 11.7 Å². The summed E-state index contributed by atoms with van der Waals surface area (Å²) < 4.78 is 19.2. The van der Waals surface area contributed by atoms with Crippen LogP contribution in [0.25, 0.3) is 0 Å². The molecule has 2 atom stereocenters. The maximum absolute atomic E-state index is 14.0. The van der Waals surface area contributed by atoms with Crippen LogP contribution in [0.1, 0.15) is 58.6 Å². The largest absolute Gasteiger partial charge is 0.496 e. The van der Waals surface area contributed by atoms with Crippen molar-refractivity contribution in [1.29, 1.82) is 0 Å². The van der Waals surface area contributed by atoms with E-state index in [4.69, 9.17) is 4.74 Å². The summed E-state index contributed by atoms with van der Waals surface area (Å²) in [6.07, 6.45) is 3.55. The fourth-order valence-electron chi connectivity index (χ4n) is 2.54. The molecule has 0 aliphatic rings. The molecule has 0 saturated heterocycles. The second-order valence-corrected chi connectivity index (χ2v) is 5.97. The molecule has 0 spiro atoms. The van der Waals surface area contributed by atoms with E-state index in [0.717, 1.165) is 12.3 Å². The van der Waals surface area contributed by atoms with Crippen molar-refractivity contribution in [3.8, 4) is 5.75 Å². The normalized spacial score (nSPS) is 14.3. The third-order valence-electron chi connectivity index (χ3n) is 3.62. The van der Waals surface area contributed by atoms with Crippen LogP contribution >= 0.6 is 0 Å². The van der Waals surface area contributed by atoms with E-state index in [2.05, 4.69) is 26.1 Å². The molecule has 114 valence electrons. The van der Waals surface area contributed by atoms with Gasteiger partial charge in [-0.05, 0) is 38.3 Å². The summed E-state index contributed by atoms with van der Waals surface area (Å²) in [4.78, 5) is 0. The minimum atomic E-state index is -0.210. The van der Waals surface area contributed by atoms with E-state index in [-0.39, 0.29) is 11.9 Å². The van der Waals surface area contributed by atoms with Gasteiger partial charge in [0.2, 0.25) is 0 Å². The third-order valence-corrected chi connectivity index (χ3v) is 3.62. The van der Waals surface area contributed by atoms with Crippen LogP contribution in [0.2, 0.25) is 0 Å². The first kappa shape index (κ1) is 17.0. The molecule has 0 saturated carbocycles. The first-order valence-corrected chi connectivity index (χ1v) is 7.54. The molecule has 0 aliphatic heterocycles. The van der Waals surface area contributed by atoms with Crippen molar-refractivity contribution in [1.82, 2.24) is 5.32 Å². The maximum Gasteiger partial charge on any atom is 0.131 e. The molecular formula is C17H28FNO. The van der Waals surface area contributed by atoms with Crippen molar-refractivity contribution in [2.24, 2.45) is 5.92 Å². The molecule has 20 heavy (non-hydrogen) atoms. The fraction of sp³-hybridized carbons (Fsp3) is 0.647. The van der Waals surface area contributed by atoms with E-state index >= 15 is 0 Å². The van der Waals surface area contributed by atoms with Crippen LogP contribution in [0.4, 0.5) is 4.39 Å². The molecular weight excluding hydrogens is 253 g/mol. The first-order valence-electron chi connectivity index (χ1n) is 7.54. The highest BCUT2D eigenvalue weighted by molar-refractivity contribution is 5.36. The predicted octanol–water partition coefficient (Wildman–Crippen LogP) is 4.70. The summed E-state index contributed by atoms with van der Waals surface area (Å²) in [6.45, 7) is 8.62. The van der Waals surface area contributed by atoms with Crippen molar-refractivity contribution < 1.29 is 9.13 Å². The summed E-state index contributed by atoms with van der Waals surface area (Å²) in [6, 6.07) is 5.28.